The van der Waals surface area contributed by atoms with E-state index in [-0.39, 0.29) is 0 Å². The minimum atomic E-state index is 0.551. The van der Waals surface area contributed by atoms with E-state index in [1.54, 1.807) is 0 Å². The first-order valence-corrected chi connectivity index (χ1v) is 7.40. The maximum atomic E-state index is 4.82. The molecule has 0 bridgehead atoms. The lowest BCUT2D eigenvalue weighted by Crippen LogP contribution is -2.38. The molecular weight excluding hydrogens is 272 g/mol. The van der Waals surface area contributed by atoms with Crippen LogP contribution in [0.25, 0.3) is 0 Å². The van der Waals surface area contributed by atoms with Gasteiger partial charge in [-0.2, -0.15) is 5.10 Å². The van der Waals surface area contributed by atoms with Gasteiger partial charge in [0.25, 0.3) is 0 Å². The fourth-order valence-corrected chi connectivity index (χ4v) is 2.88. The van der Waals surface area contributed by atoms with Gasteiger partial charge in [-0.15, -0.1) is 5.10 Å². The SMILES string of the molecule is CC1=NN=C2CN=C(c3ccccc3)c3ccccc3N2C1. The second-order valence-corrected chi connectivity index (χ2v) is 5.49. The molecule has 0 aliphatic carbocycles. The predicted molar refractivity (Wildman–Crippen MR) is 91.3 cm³/mol. The number of para-hydroxylation sites is 1. The summed E-state index contributed by atoms with van der Waals surface area (Å²) >= 11 is 0. The van der Waals surface area contributed by atoms with Crippen LogP contribution in [0.5, 0.6) is 0 Å². The maximum absolute atomic E-state index is 4.82. The van der Waals surface area contributed by atoms with Crippen molar-refractivity contribution in [3.8, 4) is 0 Å². The van der Waals surface area contributed by atoms with Crippen molar-refractivity contribution < 1.29 is 0 Å². The van der Waals surface area contributed by atoms with Gasteiger partial charge >= 0.3 is 0 Å². The Labute approximate surface area is 129 Å². The average Bonchev–Trinajstić information content (AvgIpc) is 2.73. The molecule has 108 valence electrons. The summed E-state index contributed by atoms with van der Waals surface area (Å²) in [4.78, 5) is 7.04. The molecule has 0 radical (unpaired) electrons. The van der Waals surface area contributed by atoms with E-state index < -0.39 is 0 Å². The number of fused-ring (bicyclic) bond motifs is 3. The zero-order valence-corrected chi connectivity index (χ0v) is 12.4. The van der Waals surface area contributed by atoms with Gasteiger partial charge in [-0.3, -0.25) is 4.99 Å². The zero-order valence-electron chi connectivity index (χ0n) is 12.4. The lowest BCUT2D eigenvalue weighted by Gasteiger charge is -2.27. The van der Waals surface area contributed by atoms with Crippen LogP contribution in [0.2, 0.25) is 0 Å². The molecule has 2 aliphatic heterocycles. The third-order valence-electron chi connectivity index (χ3n) is 3.91. The summed E-state index contributed by atoms with van der Waals surface area (Å²) in [6.07, 6.45) is 0. The van der Waals surface area contributed by atoms with Crippen molar-refractivity contribution in [3.05, 3.63) is 65.7 Å². The molecule has 2 heterocycles. The highest BCUT2D eigenvalue weighted by Gasteiger charge is 2.25. The first-order chi connectivity index (χ1) is 10.8. The van der Waals surface area contributed by atoms with E-state index in [1.807, 2.05) is 25.1 Å². The van der Waals surface area contributed by atoms with E-state index in [2.05, 4.69) is 51.5 Å². The molecule has 0 N–H and O–H groups in total. The van der Waals surface area contributed by atoms with E-state index in [1.165, 1.54) is 0 Å². The summed E-state index contributed by atoms with van der Waals surface area (Å²) in [5, 5.41) is 8.56. The number of hydrogen-bond donors (Lipinski definition) is 0. The van der Waals surface area contributed by atoms with Crippen LogP contribution in [0.4, 0.5) is 5.69 Å². The molecular formula is C18H16N4. The molecule has 2 aliphatic rings. The Morgan fingerprint density at radius 3 is 2.55 bits per heavy atom. The van der Waals surface area contributed by atoms with Gasteiger partial charge in [0.2, 0.25) is 0 Å². The second-order valence-electron chi connectivity index (χ2n) is 5.49. The van der Waals surface area contributed by atoms with E-state index in [9.17, 15) is 0 Å². The van der Waals surface area contributed by atoms with Crippen molar-refractivity contribution in [3.63, 3.8) is 0 Å². The molecule has 0 unspecified atom stereocenters. The Morgan fingerprint density at radius 2 is 1.68 bits per heavy atom. The van der Waals surface area contributed by atoms with Crippen LogP contribution in [0.15, 0.2) is 69.8 Å². The van der Waals surface area contributed by atoms with Crippen LogP contribution in [0.1, 0.15) is 18.1 Å². The zero-order chi connectivity index (χ0) is 14.9. The van der Waals surface area contributed by atoms with Gasteiger partial charge in [-0.05, 0) is 13.0 Å². The Kier molecular flexibility index (Phi) is 3.07. The molecule has 2 aromatic rings. The third kappa shape index (κ3) is 2.13. The minimum absolute atomic E-state index is 0.551. The largest absolute Gasteiger partial charge is 0.320 e. The van der Waals surface area contributed by atoms with Gasteiger partial charge in [0.1, 0.15) is 0 Å². The van der Waals surface area contributed by atoms with E-state index in [0.717, 1.165) is 40.6 Å². The lowest BCUT2D eigenvalue weighted by molar-refractivity contribution is 1.03. The lowest BCUT2D eigenvalue weighted by atomic mass is 10.00. The molecule has 4 nitrogen and oxygen atoms in total. The Hall–Kier alpha value is -2.75. The summed E-state index contributed by atoms with van der Waals surface area (Å²) < 4.78 is 0. The topological polar surface area (TPSA) is 40.3 Å². The van der Waals surface area contributed by atoms with Crippen LogP contribution in [-0.4, -0.2) is 30.3 Å². The summed E-state index contributed by atoms with van der Waals surface area (Å²) in [7, 11) is 0. The van der Waals surface area contributed by atoms with Crippen molar-refractivity contribution in [2.45, 2.75) is 6.92 Å². The highest BCUT2D eigenvalue weighted by molar-refractivity contribution is 6.21. The van der Waals surface area contributed by atoms with Crippen molar-refractivity contribution >= 4 is 22.9 Å². The van der Waals surface area contributed by atoms with Crippen molar-refractivity contribution in [1.82, 2.24) is 0 Å². The van der Waals surface area contributed by atoms with Gasteiger partial charge < -0.3 is 4.90 Å². The van der Waals surface area contributed by atoms with Gasteiger partial charge in [-0.1, -0.05) is 48.5 Å². The van der Waals surface area contributed by atoms with Gasteiger partial charge in [0, 0.05) is 11.1 Å². The van der Waals surface area contributed by atoms with Gasteiger partial charge in [-0.25, -0.2) is 0 Å². The molecule has 0 saturated heterocycles. The smallest absolute Gasteiger partial charge is 0.154 e. The Morgan fingerprint density at radius 1 is 0.909 bits per heavy atom. The number of rotatable bonds is 1. The van der Waals surface area contributed by atoms with E-state index in [0.29, 0.717) is 6.54 Å². The molecule has 0 spiro atoms. The average molecular weight is 288 g/mol. The highest BCUT2D eigenvalue weighted by Crippen LogP contribution is 2.28. The number of amidine groups is 1. The Balaban J connectivity index is 1.90. The number of anilines is 1. The predicted octanol–water partition coefficient (Wildman–Crippen LogP) is 3.13. The van der Waals surface area contributed by atoms with Crippen LogP contribution in [0.3, 0.4) is 0 Å². The number of hydrogen-bond acceptors (Lipinski definition) is 4. The highest BCUT2D eigenvalue weighted by atomic mass is 15.4. The molecule has 4 heteroatoms. The monoisotopic (exact) mass is 288 g/mol. The third-order valence-corrected chi connectivity index (χ3v) is 3.91. The quantitative estimate of drug-likeness (QED) is 0.794. The van der Waals surface area contributed by atoms with Gasteiger partial charge in [0.05, 0.1) is 30.2 Å². The molecule has 0 atom stereocenters. The normalized spacial score (nSPS) is 16.8. The molecule has 0 amide bonds. The second kappa shape index (κ2) is 5.22. The van der Waals surface area contributed by atoms with Crippen LogP contribution in [0, 0.1) is 0 Å². The number of nitrogens with zero attached hydrogens (tertiary/aromatic N) is 4. The first-order valence-electron chi connectivity index (χ1n) is 7.40. The van der Waals surface area contributed by atoms with Crippen molar-refractivity contribution in [1.29, 1.82) is 0 Å². The molecule has 0 aromatic heterocycles. The molecule has 4 rings (SSSR count). The van der Waals surface area contributed by atoms with Crippen molar-refractivity contribution in [2.75, 3.05) is 18.0 Å². The molecule has 2 aromatic carbocycles. The van der Waals surface area contributed by atoms with Crippen molar-refractivity contribution in [2.24, 2.45) is 15.2 Å². The van der Waals surface area contributed by atoms with Crippen LogP contribution in [-0.2, 0) is 0 Å². The Bertz CT molecular complexity index is 803. The van der Waals surface area contributed by atoms with Crippen LogP contribution >= 0.6 is 0 Å². The molecule has 0 saturated carbocycles. The number of aliphatic imine (C=N–C) groups is 1. The molecule has 22 heavy (non-hydrogen) atoms. The van der Waals surface area contributed by atoms with Gasteiger partial charge in [0.15, 0.2) is 5.84 Å². The number of benzene rings is 2. The fraction of sp³-hybridized carbons (Fsp3) is 0.167. The summed E-state index contributed by atoms with van der Waals surface area (Å²) in [5.74, 6) is 0.906. The van der Waals surface area contributed by atoms with Crippen LogP contribution < -0.4 is 4.90 Å². The summed E-state index contributed by atoms with van der Waals surface area (Å²) in [5.41, 5.74) is 5.46. The minimum Gasteiger partial charge on any atom is -0.320 e. The first kappa shape index (κ1) is 13.0. The standard InChI is InChI=1S/C18H16N4/c1-13-12-22-16-10-6-5-9-15(16)18(14-7-3-2-4-8-14)19-11-17(22)21-20-13/h2-10H,11-12H2,1H3. The maximum Gasteiger partial charge on any atom is 0.154 e. The fourth-order valence-electron chi connectivity index (χ4n) is 2.88. The molecule has 0 fully saturated rings. The summed E-state index contributed by atoms with van der Waals surface area (Å²) in [6.45, 7) is 3.33. The van der Waals surface area contributed by atoms with E-state index >= 15 is 0 Å². The van der Waals surface area contributed by atoms with E-state index in [4.69, 9.17) is 4.99 Å². The summed E-state index contributed by atoms with van der Waals surface area (Å²) in [6, 6.07) is 18.7.